The molecule has 0 bridgehead atoms. The van der Waals surface area contributed by atoms with E-state index in [0.717, 1.165) is 5.56 Å². The van der Waals surface area contributed by atoms with Crippen LogP contribution in [0.4, 0.5) is 0 Å². The highest BCUT2D eigenvalue weighted by Gasteiger charge is 2.32. The number of hydrogen-bond acceptors (Lipinski definition) is 3. The van der Waals surface area contributed by atoms with Crippen LogP contribution >= 0.6 is 0 Å². The second-order valence-corrected chi connectivity index (χ2v) is 5.63. The highest BCUT2D eigenvalue weighted by atomic mass is 16.2. The van der Waals surface area contributed by atoms with Crippen molar-refractivity contribution in [3.8, 4) is 0 Å². The summed E-state index contributed by atoms with van der Waals surface area (Å²) in [7, 11) is 0. The van der Waals surface area contributed by atoms with Crippen molar-refractivity contribution in [3.05, 3.63) is 66.0 Å². The van der Waals surface area contributed by atoms with Gasteiger partial charge in [-0.05, 0) is 17.7 Å². The molecule has 118 valence electrons. The molecular formula is C18H19N3O2. The monoisotopic (exact) mass is 309 g/mol. The number of nitrogens with zero attached hydrogens (tertiary/aromatic N) is 3. The summed E-state index contributed by atoms with van der Waals surface area (Å²) in [5.74, 6) is 0.0198. The smallest absolute Gasteiger partial charge is 0.254 e. The molecule has 0 spiro atoms. The van der Waals surface area contributed by atoms with E-state index in [4.69, 9.17) is 0 Å². The number of piperazine rings is 1. The second kappa shape index (κ2) is 6.60. The number of benzene rings is 1. The Morgan fingerprint density at radius 2 is 1.74 bits per heavy atom. The van der Waals surface area contributed by atoms with Crippen molar-refractivity contribution in [2.24, 2.45) is 0 Å². The Morgan fingerprint density at radius 3 is 2.39 bits per heavy atom. The lowest BCUT2D eigenvalue weighted by Gasteiger charge is -2.41. The van der Waals surface area contributed by atoms with E-state index in [1.165, 1.54) is 0 Å². The molecule has 0 unspecified atom stereocenters. The van der Waals surface area contributed by atoms with Crippen LogP contribution in [0.5, 0.6) is 0 Å². The molecule has 2 aromatic rings. The van der Waals surface area contributed by atoms with E-state index < -0.39 is 0 Å². The van der Waals surface area contributed by atoms with Crippen LogP contribution in [0.25, 0.3) is 0 Å². The minimum absolute atomic E-state index is 0.0171. The van der Waals surface area contributed by atoms with Crippen molar-refractivity contribution in [2.45, 2.75) is 13.0 Å². The molecule has 1 atom stereocenters. The molecule has 1 fully saturated rings. The van der Waals surface area contributed by atoms with Gasteiger partial charge in [-0.2, -0.15) is 0 Å². The summed E-state index contributed by atoms with van der Waals surface area (Å²) in [6, 6.07) is 13.2. The van der Waals surface area contributed by atoms with Crippen molar-refractivity contribution in [1.29, 1.82) is 0 Å². The van der Waals surface area contributed by atoms with Gasteiger partial charge in [0.05, 0.1) is 6.04 Å². The van der Waals surface area contributed by atoms with Crippen molar-refractivity contribution >= 4 is 11.8 Å². The van der Waals surface area contributed by atoms with Gasteiger partial charge in [0.25, 0.3) is 5.91 Å². The number of hydrogen-bond donors (Lipinski definition) is 0. The molecule has 0 aliphatic carbocycles. The molecule has 1 aromatic carbocycles. The zero-order valence-electron chi connectivity index (χ0n) is 13.1. The van der Waals surface area contributed by atoms with E-state index in [0.29, 0.717) is 25.2 Å². The first-order valence-electron chi connectivity index (χ1n) is 7.68. The van der Waals surface area contributed by atoms with E-state index in [1.807, 2.05) is 40.1 Å². The van der Waals surface area contributed by atoms with Crippen LogP contribution in [0.3, 0.4) is 0 Å². The molecule has 0 saturated carbocycles. The van der Waals surface area contributed by atoms with E-state index in [-0.39, 0.29) is 17.9 Å². The molecular weight excluding hydrogens is 290 g/mol. The predicted octanol–water partition coefficient (Wildman–Crippen LogP) is 2.13. The molecule has 3 rings (SSSR count). The maximum absolute atomic E-state index is 12.6. The number of pyridine rings is 1. The fourth-order valence-electron chi connectivity index (χ4n) is 2.98. The van der Waals surface area contributed by atoms with Crippen LogP contribution in [-0.4, -0.2) is 46.2 Å². The van der Waals surface area contributed by atoms with Crippen molar-refractivity contribution in [1.82, 2.24) is 14.8 Å². The summed E-state index contributed by atoms with van der Waals surface area (Å²) in [6.45, 7) is 3.18. The Bertz CT molecular complexity index is 688. The Balaban J connectivity index is 1.84. The van der Waals surface area contributed by atoms with E-state index in [1.54, 1.807) is 31.5 Å². The Labute approximate surface area is 135 Å². The molecule has 5 heteroatoms. The molecule has 0 radical (unpaired) electrons. The minimum Gasteiger partial charge on any atom is -0.334 e. The molecule has 1 saturated heterocycles. The van der Waals surface area contributed by atoms with Crippen LogP contribution in [0.1, 0.15) is 28.9 Å². The van der Waals surface area contributed by atoms with Crippen LogP contribution in [0.15, 0.2) is 54.9 Å². The van der Waals surface area contributed by atoms with Crippen molar-refractivity contribution in [2.75, 3.05) is 19.6 Å². The SMILES string of the molecule is CC(=O)N1CCN(C(=O)c2ccncc2)C[C@@H]1c1ccccc1. The summed E-state index contributed by atoms with van der Waals surface area (Å²) < 4.78 is 0. The van der Waals surface area contributed by atoms with Gasteiger partial charge in [-0.15, -0.1) is 0 Å². The highest BCUT2D eigenvalue weighted by molar-refractivity contribution is 5.94. The van der Waals surface area contributed by atoms with Crippen molar-refractivity contribution in [3.63, 3.8) is 0 Å². The van der Waals surface area contributed by atoms with Gasteiger partial charge >= 0.3 is 0 Å². The zero-order chi connectivity index (χ0) is 16.2. The van der Waals surface area contributed by atoms with Gasteiger partial charge in [-0.25, -0.2) is 0 Å². The third-order valence-electron chi connectivity index (χ3n) is 4.18. The van der Waals surface area contributed by atoms with Gasteiger partial charge in [0.2, 0.25) is 5.91 Å². The lowest BCUT2D eigenvalue weighted by atomic mass is 10.0. The van der Waals surface area contributed by atoms with E-state index in [9.17, 15) is 9.59 Å². The largest absolute Gasteiger partial charge is 0.334 e. The third-order valence-corrected chi connectivity index (χ3v) is 4.18. The predicted molar refractivity (Wildman–Crippen MR) is 86.7 cm³/mol. The number of amides is 2. The molecule has 2 heterocycles. The van der Waals surface area contributed by atoms with Gasteiger partial charge < -0.3 is 9.80 Å². The number of aromatic nitrogens is 1. The molecule has 23 heavy (non-hydrogen) atoms. The minimum atomic E-state index is -0.103. The lowest BCUT2D eigenvalue weighted by Crippen LogP contribution is -2.51. The standard InChI is InChI=1S/C18H19N3O2/c1-14(22)21-12-11-20(18(23)16-7-9-19-10-8-16)13-17(21)15-5-3-2-4-6-15/h2-10,17H,11-13H2,1H3/t17-/m1/s1. The molecule has 2 amide bonds. The summed E-state index contributed by atoms with van der Waals surface area (Å²) in [5, 5.41) is 0. The Morgan fingerprint density at radius 1 is 1.04 bits per heavy atom. The summed E-state index contributed by atoms with van der Waals surface area (Å²) in [4.78, 5) is 32.2. The fraction of sp³-hybridized carbons (Fsp3) is 0.278. The maximum atomic E-state index is 12.6. The average Bonchev–Trinajstić information content (AvgIpc) is 2.62. The molecule has 0 N–H and O–H groups in total. The van der Waals surface area contributed by atoms with Gasteiger partial charge in [0.1, 0.15) is 0 Å². The van der Waals surface area contributed by atoms with E-state index in [2.05, 4.69) is 4.98 Å². The molecule has 5 nitrogen and oxygen atoms in total. The fourth-order valence-corrected chi connectivity index (χ4v) is 2.98. The second-order valence-electron chi connectivity index (χ2n) is 5.63. The zero-order valence-corrected chi connectivity index (χ0v) is 13.1. The molecule has 1 aliphatic heterocycles. The third kappa shape index (κ3) is 3.23. The van der Waals surface area contributed by atoms with Crippen LogP contribution in [0.2, 0.25) is 0 Å². The number of rotatable bonds is 2. The van der Waals surface area contributed by atoms with E-state index >= 15 is 0 Å². The normalized spacial score (nSPS) is 17.9. The van der Waals surface area contributed by atoms with Crippen LogP contribution in [-0.2, 0) is 4.79 Å². The van der Waals surface area contributed by atoms with Gasteiger partial charge in [0, 0.05) is 44.5 Å². The van der Waals surface area contributed by atoms with Gasteiger partial charge in [0.15, 0.2) is 0 Å². The number of carbonyl (C=O) groups excluding carboxylic acids is 2. The van der Waals surface area contributed by atoms with Gasteiger partial charge in [-0.1, -0.05) is 30.3 Å². The lowest BCUT2D eigenvalue weighted by molar-refractivity contribution is -0.133. The van der Waals surface area contributed by atoms with Crippen LogP contribution < -0.4 is 0 Å². The summed E-state index contributed by atoms with van der Waals surface area (Å²) in [6.07, 6.45) is 3.24. The highest BCUT2D eigenvalue weighted by Crippen LogP contribution is 2.26. The first-order valence-corrected chi connectivity index (χ1v) is 7.68. The van der Waals surface area contributed by atoms with Crippen molar-refractivity contribution < 1.29 is 9.59 Å². The Kier molecular flexibility index (Phi) is 4.37. The summed E-state index contributed by atoms with van der Waals surface area (Å²) in [5.41, 5.74) is 1.68. The Hall–Kier alpha value is -2.69. The quantitative estimate of drug-likeness (QED) is 0.854. The summed E-state index contributed by atoms with van der Waals surface area (Å²) >= 11 is 0. The molecule has 1 aliphatic rings. The average molecular weight is 309 g/mol. The number of carbonyl (C=O) groups is 2. The first-order chi connectivity index (χ1) is 11.2. The topological polar surface area (TPSA) is 53.5 Å². The van der Waals surface area contributed by atoms with Crippen LogP contribution in [0, 0.1) is 0 Å². The molecule has 1 aromatic heterocycles. The maximum Gasteiger partial charge on any atom is 0.254 e. The van der Waals surface area contributed by atoms with Gasteiger partial charge in [-0.3, -0.25) is 14.6 Å². The first kappa shape index (κ1) is 15.2.